The third-order valence-electron chi connectivity index (χ3n) is 4.08. The summed E-state index contributed by atoms with van der Waals surface area (Å²) in [5.41, 5.74) is 0.800. The Bertz CT molecular complexity index is 476. The minimum atomic E-state index is 0.106. The molecule has 5 heteroatoms. The van der Waals surface area contributed by atoms with Gasteiger partial charge in [0, 0.05) is 18.7 Å². The maximum absolute atomic E-state index is 12.1. The third kappa shape index (κ3) is 4.70. The highest BCUT2D eigenvalue weighted by molar-refractivity contribution is 5.92. The molecule has 1 aliphatic carbocycles. The highest BCUT2D eigenvalue weighted by Gasteiger charge is 2.19. The molecule has 0 saturated heterocycles. The average molecular weight is 290 g/mol. The fraction of sp³-hybridized carbons (Fsp3) is 0.625. The molecule has 5 nitrogen and oxygen atoms in total. The van der Waals surface area contributed by atoms with Crippen LogP contribution in [0.3, 0.4) is 0 Å². The first-order valence-electron chi connectivity index (χ1n) is 7.93. The lowest BCUT2D eigenvalue weighted by Gasteiger charge is -2.17. The number of likely N-dealkylation sites (N-methyl/N-ethyl adjacent to an activating group) is 1. The van der Waals surface area contributed by atoms with E-state index in [1.807, 2.05) is 10.9 Å². The van der Waals surface area contributed by atoms with Crippen LogP contribution in [0.1, 0.15) is 33.1 Å². The number of amides is 1. The molecule has 0 saturated carbocycles. The molecule has 0 aromatic carbocycles. The zero-order valence-corrected chi connectivity index (χ0v) is 13.1. The molecule has 1 unspecified atom stereocenters. The molecular formula is C16H26N4O. The van der Waals surface area contributed by atoms with Crippen LogP contribution in [-0.4, -0.2) is 40.2 Å². The minimum Gasteiger partial charge on any atom is -0.323 e. The molecule has 1 aromatic rings. The van der Waals surface area contributed by atoms with Crippen molar-refractivity contribution < 1.29 is 4.79 Å². The molecule has 0 fully saturated rings. The Morgan fingerprint density at radius 1 is 1.43 bits per heavy atom. The summed E-state index contributed by atoms with van der Waals surface area (Å²) in [7, 11) is 0. The quantitative estimate of drug-likeness (QED) is 0.785. The smallest absolute Gasteiger partial charge is 0.227 e. The fourth-order valence-corrected chi connectivity index (χ4v) is 2.61. The molecule has 1 heterocycles. The second kappa shape index (κ2) is 7.98. The molecule has 1 atom stereocenters. The van der Waals surface area contributed by atoms with E-state index >= 15 is 0 Å². The topological polar surface area (TPSA) is 50.2 Å². The number of hydrogen-bond donors (Lipinski definition) is 1. The summed E-state index contributed by atoms with van der Waals surface area (Å²) in [5.74, 6) is 0.219. The van der Waals surface area contributed by atoms with Crippen molar-refractivity contribution in [3.8, 4) is 0 Å². The summed E-state index contributed by atoms with van der Waals surface area (Å²) >= 11 is 0. The Kier molecular flexibility index (Phi) is 5.99. The number of nitrogens with zero attached hydrogens (tertiary/aromatic N) is 3. The van der Waals surface area contributed by atoms with E-state index in [0.29, 0.717) is 0 Å². The number of aromatic nitrogens is 2. The van der Waals surface area contributed by atoms with Crippen molar-refractivity contribution in [3.63, 3.8) is 0 Å². The largest absolute Gasteiger partial charge is 0.323 e. The van der Waals surface area contributed by atoms with E-state index in [-0.39, 0.29) is 11.8 Å². The van der Waals surface area contributed by atoms with Gasteiger partial charge in [-0.3, -0.25) is 9.48 Å². The first kappa shape index (κ1) is 15.8. The van der Waals surface area contributed by atoms with Gasteiger partial charge in [0.05, 0.1) is 18.4 Å². The van der Waals surface area contributed by atoms with Gasteiger partial charge in [-0.1, -0.05) is 26.0 Å². The van der Waals surface area contributed by atoms with E-state index in [9.17, 15) is 4.79 Å². The summed E-state index contributed by atoms with van der Waals surface area (Å²) < 4.78 is 1.90. The molecule has 1 amide bonds. The van der Waals surface area contributed by atoms with Crippen LogP contribution in [-0.2, 0) is 11.3 Å². The number of allylic oxidation sites excluding steroid dienone is 2. The van der Waals surface area contributed by atoms with Crippen molar-refractivity contribution in [1.29, 1.82) is 0 Å². The maximum atomic E-state index is 12.1. The molecule has 0 aliphatic heterocycles. The van der Waals surface area contributed by atoms with Crippen LogP contribution in [0.25, 0.3) is 0 Å². The normalized spacial score (nSPS) is 18.1. The fourth-order valence-electron chi connectivity index (χ4n) is 2.61. The van der Waals surface area contributed by atoms with Gasteiger partial charge < -0.3 is 10.2 Å². The Labute approximate surface area is 127 Å². The predicted molar refractivity (Wildman–Crippen MR) is 85.1 cm³/mol. The van der Waals surface area contributed by atoms with Crippen LogP contribution in [0.4, 0.5) is 5.69 Å². The average Bonchev–Trinajstić information content (AvgIpc) is 2.96. The number of anilines is 1. The molecule has 1 aromatic heterocycles. The lowest BCUT2D eigenvalue weighted by Crippen LogP contribution is -2.27. The zero-order valence-electron chi connectivity index (χ0n) is 13.1. The van der Waals surface area contributed by atoms with E-state index in [2.05, 4.69) is 41.3 Å². The van der Waals surface area contributed by atoms with Crippen molar-refractivity contribution in [2.45, 2.75) is 39.7 Å². The van der Waals surface area contributed by atoms with Gasteiger partial charge in [0.25, 0.3) is 0 Å². The van der Waals surface area contributed by atoms with Gasteiger partial charge >= 0.3 is 0 Å². The van der Waals surface area contributed by atoms with Crippen molar-refractivity contribution in [1.82, 2.24) is 14.7 Å². The Hall–Kier alpha value is -1.62. The van der Waals surface area contributed by atoms with Crippen molar-refractivity contribution in [3.05, 3.63) is 24.5 Å². The van der Waals surface area contributed by atoms with Gasteiger partial charge in [-0.25, -0.2) is 0 Å². The van der Waals surface area contributed by atoms with Gasteiger partial charge in [-0.15, -0.1) is 0 Å². The molecule has 1 N–H and O–H groups in total. The molecule has 0 radical (unpaired) electrons. The highest BCUT2D eigenvalue weighted by atomic mass is 16.1. The summed E-state index contributed by atoms with van der Waals surface area (Å²) in [4.78, 5) is 14.5. The van der Waals surface area contributed by atoms with Gasteiger partial charge in [0.1, 0.15) is 0 Å². The number of carbonyl (C=O) groups excluding carboxylic acids is 1. The van der Waals surface area contributed by atoms with E-state index in [0.717, 1.165) is 51.1 Å². The van der Waals surface area contributed by atoms with Crippen molar-refractivity contribution >= 4 is 11.6 Å². The lowest BCUT2D eigenvalue weighted by atomic mass is 9.94. The Balaban J connectivity index is 1.82. The Morgan fingerprint density at radius 2 is 2.24 bits per heavy atom. The molecule has 0 spiro atoms. The SMILES string of the molecule is CCN(CC)CCn1cc(NC(=O)C2CC=CCC2)cn1. The molecule has 0 bridgehead atoms. The first-order chi connectivity index (χ1) is 10.2. The van der Waals surface area contributed by atoms with Crippen LogP contribution in [0.15, 0.2) is 24.5 Å². The lowest BCUT2D eigenvalue weighted by molar-refractivity contribution is -0.120. The number of nitrogens with one attached hydrogen (secondary N) is 1. The summed E-state index contributed by atoms with van der Waals surface area (Å²) in [5, 5.41) is 7.29. The van der Waals surface area contributed by atoms with Gasteiger partial charge in [0.2, 0.25) is 5.91 Å². The van der Waals surface area contributed by atoms with Crippen LogP contribution in [0, 0.1) is 5.92 Å². The number of hydrogen-bond acceptors (Lipinski definition) is 3. The third-order valence-corrected chi connectivity index (χ3v) is 4.08. The van der Waals surface area contributed by atoms with E-state index in [1.165, 1.54) is 0 Å². The zero-order chi connectivity index (χ0) is 15.1. The van der Waals surface area contributed by atoms with Gasteiger partial charge in [0.15, 0.2) is 0 Å². The molecule has 116 valence electrons. The molecule has 1 aliphatic rings. The van der Waals surface area contributed by atoms with Crippen molar-refractivity contribution in [2.24, 2.45) is 5.92 Å². The van der Waals surface area contributed by atoms with Crippen LogP contribution >= 0.6 is 0 Å². The Morgan fingerprint density at radius 3 is 2.90 bits per heavy atom. The van der Waals surface area contributed by atoms with Crippen LogP contribution in [0.2, 0.25) is 0 Å². The van der Waals surface area contributed by atoms with Crippen molar-refractivity contribution in [2.75, 3.05) is 25.0 Å². The first-order valence-corrected chi connectivity index (χ1v) is 7.93. The standard InChI is InChI=1S/C16H26N4O/c1-3-19(4-2)10-11-20-13-15(12-17-20)18-16(21)14-8-6-5-7-9-14/h5-6,12-14H,3-4,7-11H2,1-2H3,(H,18,21). The number of rotatable bonds is 7. The van der Waals surface area contributed by atoms with Gasteiger partial charge in [-0.2, -0.15) is 5.10 Å². The number of carbonyl (C=O) groups is 1. The maximum Gasteiger partial charge on any atom is 0.227 e. The summed E-state index contributed by atoms with van der Waals surface area (Å²) in [6.45, 7) is 8.26. The van der Waals surface area contributed by atoms with Crippen LogP contribution in [0.5, 0.6) is 0 Å². The minimum absolute atomic E-state index is 0.106. The molecule has 21 heavy (non-hydrogen) atoms. The monoisotopic (exact) mass is 290 g/mol. The second-order valence-electron chi connectivity index (χ2n) is 5.49. The molecular weight excluding hydrogens is 264 g/mol. The summed E-state index contributed by atoms with van der Waals surface area (Å²) in [6.07, 6.45) is 10.7. The van der Waals surface area contributed by atoms with E-state index in [1.54, 1.807) is 6.20 Å². The highest BCUT2D eigenvalue weighted by Crippen LogP contribution is 2.20. The van der Waals surface area contributed by atoms with E-state index in [4.69, 9.17) is 0 Å². The second-order valence-corrected chi connectivity index (χ2v) is 5.49. The van der Waals surface area contributed by atoms with Gasteiger partial charge in [-0.05, 0) is 32.4 Å². The summed E-state index contributed by atoms with van der Waals surface area (Å²) in [6, 6.07) is 0. The van der Waals surface area contributed by atoms with E-state index < -0.39 is 0 Å². The molecule has 2 rings (SSSR count). The van der Waals surface area contributed by atoms with Crippen LogP contribution < -0.4 is 5.32 Å². The predicted octanol–water partition coefficient (Wildman–Crippen LogP) is 2.52.